The Labute approximate surface area is 113 Å². The molecule has 1 aromatic rings. The molecule has 0 saturated carbocycles. The number of piperidine rings is 1. The third-order valence-electron chi connectivity index (χ3n) is 3.56. The fourth-order valence-corrected chi connectivity index (χ4v) is 3.16. The maximum Gasteiger partial charge on any atom is 0.179 e. The zero-order valence-corrected chi connectivity index (χ0v) is 11.9. The van der Waals surface area contributed by atoms with E-state index in [1.54, 1.807) is 14.2 Å². The number of hydrogen-bond acceptors (Lipinski definition) is 3. The molecular formula is C14H20ClNO2. The largest absolute Gasteiger partial charge is 0.493 e. The van der Waals surface area contributed by atoms with Crippen molar-refractivity contribution in [2.45, 2.75) is 25.7 Å². The Kier molecular flexibility index (Phi) is 4.36. The number of rotatable bonds is 3. The van der Waals surface area contributed by atoms with Gasteiger partial charge in [0.05, 0.1) is 19.2 Å². The summed E-state index contributed by atoms with van der Waals surface area (Å²) in [6.07, 6.45) is 2.36. The lowest BCUT2D eigenvalue weighted by Gasteiger charge is -2.26. The monoisotopic (exact) mass is 269 g/mol. The van der Waals surface area contributed by atoms with Gasteiger partial charge in [-0.05, 0) is 49.4 Å². The van der Waals surface area contributed by atoms with E-state index in [4.69, 9.17) is 21.1 Å². The van der Waals surface area contributed by atoms with Crippen molar-refractivity contribution in [3.05, 3.63) is 22.2 Å². The molecule has 1 fully saturated rings. The average molecular weight is 270 g/mol. The van der Waals surface area contributed by atoms with Crippen LogP contribution in [0.4, 0.5) is 0 Å². The maximum atomic E-state index is 6.50. The summed E-state index contributed by atoms with van der Waals surface area (Å²) in [5.74, 6) is 1.81. The molecule has 1 aliphatic heterocycles. The number of ether oxygens (including phenoxy) is 2. The van der Waals surface area contributed by atoms with Crippen LogP contribution in [0, 0.1) is 6.92 Å². The van der Waals surface area contributed by atoms with Crippen molar-refractivity contribution in [1.29, 1.82) is 0 Å². The number of benzene rings is 1. The van der Waals surface area contributed by atoms with Gasteiger partial charge in [0, 0.05) is 6.54 Å². The van der Waals surface area contributed by atoms with Crippen LogP contribution in [0.3, 0.4) is 0 Å². The molecule has 0 bridgehead atoms. The summed E-state index contributed by atoms with van der Waals surface area (Å²) in [5, 5.41) is 4.12. The summed E-state index contributed by atoms with van der Waals surface area (Å²) in [7, 11) is 3.26. The molecule has 100 valence electrons. The Morgan fingerprint density at radius 1 is 1.33 bits per heavy atom. The second-order valence-electron chi connectivity index (χ2n) is 4.70. The van der Waals surface area contributed by atoms with Crippen LogP contribution >= 0.6 is 11.6 Å². The summed E-state index contributed by atoms with van der Waals surface area (Å²) < 4.78 is 10.7. The molecule has 1 unspecified atom stereocenters. The predicted octanol–water partition coefficient (Wildman–Crippen LogP) is 3.13. The molecule has 0 radical (unpaired) electrons. The van der Waals surface area contributed by atoms with E-state index in [1.165, 1.54) is 24.0 Å². The molecule has 0 aliphatic carbocycles. The molecule has 1 atom stereocenters. The minimum absolute atomic E-state index is 0.464. The smallest absolute Gasteiger partial charge is 0.179 e. The Hall–Kier alpha value is -0.930. The van der Waals surface area contributed by atoms with Gasteiger partial charge in [0.15, 0.2) is 11.5 Å². The van der Waals surface area contributed by atoms with Crippen LogP contribution in [0.1, 0.15) is 29.9 Å². The third-order valence-corrected chi connectivity index (χ3v) is 3.94. The fourth-order valence-electron chi connectivity index (χ4n) is 2.68. The zero-order valence-electron chi connectivity index (χ0n) is 11.2. The molecule has 0 spiro atoms. The Morgan fingerprint density at radius 2 is 2.11 bits per heavy atom. The van der Waals surface area contributed by atoms with Gasteiger partial charge in [0.25, 0.3) is 0 Å². The zero-order chi connectivity index (χ0) is 13.1. The Bertz CT molecular complexity index is 428. The summed E-state index contributed by atoms with van der Waals surface area (Å²) in [6.45, 7) is 4.16. The lowest BCUT2D eigenvalue weighted by atomic mass is 9.88. The van der Waals surface area contributed by atoms with Crippen LogP contribution in [0.2, 0.25) is 5.02 Å². The number of hydrogen-bond donors (Lipinski definition) is 1. The third kappa shape index (κ3) is 2.43. The normalized spacial score (nSPS) is 19.7. The summed E-state index contributed by atoms with van der Waals surface area (Å²) >= 11 is 6.50. The first-order valence-electron chi connectivity index (χ1n) is 6.30. The van der Waals surface area contributed by atoms with Crippen molar-refractivity contribution in [2.75, 3.05) is 27.3 Å². The quantitative estimate of drug-likeness (QED) is 0.915. The molecule has 4 heteroatoms. The summed E-state index contributed by atoms with van der Waals surface area (Å²) in [5.41, 5.74) is 2.37. The molecule has 1 heterocycles. The van der Waals surface area contributed by atoms with Gasteiger partial charge in [-0.15, -0.1) is 0 Å². The van der Waals surface area contributed by atoms with Gasteiger partial charge in [-0.1, -0.05) is 11.6 Å². The van der Waals surface area contributed by atoms with E-state index >= 15 is 0 Å². The van der Waals surface area contributed by atoms with Crippen molar-refractivity contribution in [3.8, 4) is 11.5 Å². The van der Waals surface area contributed by atoms with E-state index in [-0.39, 0.29) is 0 Å². The predicted molar refractivity (Wildman–Crippen MR) is 74.1 cm³/mol. The van der Waals surface area contributed by atoms with Gasteiger partial charge in [-0.2, -0.15) is 0 Å². The topological polar surface area (TPSA) is 30.5 Å². The van der Waals surface area contributed by atoms with Crippen molar-refractivity contribution in [3.63, 3.8) is 0 Å². The SMILES string of the molecule is COc1cc(C)c(C2CCCNC2)c(Cl)c1OC. The minimum Gasteiger partial charge on any atom is -0.493 e. The standard InChI is InChI=1S/C14H20ClNO2/c1-9-7-11(17-2)14(18-3)13(15)12(9)10-5-4-6-16-8-10/h7,10,16H,4-6,8H2,1-3H3. The molecule has 2 rings (SSSR count). The fraction of sp³-hybridized carbons (Fsp3) is 0.571. The van der Waals surface area contributed by atoms with Gasteiger partial charge in [-0.25, -0.2) is 0 Å². The molecule has 18 heavy (non-hydrogen) atoms. The highest BCUT2D eigenvalue weighted by atomic mass is 35.5. The van der Waals surface area contributed by atoms with Crippen molar-refractivity contribution < 1.29 is 9.47 Å². The first-order valence-corrected chi connectivity index (χ1v) is 6.68. The van der Waals surface area contributed by atoms with Crippen LogP contribution in [-0.2, 0) is 0 Å². The highest BCUT2D eigenvalue weighted by Crippen LogP contribution is 2.43. The highest BCUT2D eigenvalue weighted by molar-refractivity contribution is 6.33. The average Bonchev–Trinajstić information content (AvgIpc) is 2.39. The molecule has 3 nitrogen and oxygen atoms in total. The van der Waals surface area contributed by atoms with Crippen molar-refractivity contribution in [2.24, 2.45) is 0 Å². The Morgan fingerprint density at radius 3 is 2.67 bits per heavy atom. The van der Waals surface area contributed by atoms with Gasteiger partial charge in [0.1, 0.15) is 0 Å². The van der Waals surface area contributed by atoms with E-state index in [9.17, 15) is 0 Å². The number of halogens is 1. The van der Waals surface area contributed by atoms with Crippen LogP contribution in [-0.4, -0.2) is 27.3 Å². The lowest BCUT2D eigenvalue weighted by molar-refractivity contribution is 0.353. The van der Waals surface area contributed by atoms with E-state index < -0.39 is 0 Å². The van der Waals surface area contributed by atoms with Crippen LogP contribution in [0.15, 0.2) is 6.07 Å². The van der Waals surface area contributed by atoms with Crippen LogP contribution in [0.25, 0.3) is 0 Å². The van der Waals surface area contributed by atoms with Crippen molar-refractivity contribution in [1.82, 2.24) is 5.32 Å². The van der Waals surface area contributed by atoms with Gasteiger partial charge in [-0.3, -0.25) is 0 Å². The molecule has 1 aromatic carbocycles. The van der Waals surface area contributed by atoms with E-state index in [1.807, 2.05) is 6.07 Å². The molecule has 1 N–H and O–H groups in total. The summed E-state index contributed by atoms with van der Waals surface area (Å²) in [4.78, 5) is 0. The van der Waals surface area contributed by atoms with E-state index in [0.717, 1.165) is 13.1 Å². The molecular weight excluding hydrogens is 250 g/mol. The van der Waals surface area contributed by atoms with Gasteiger partial charge < -0.3 is 14.8 Å². The Balaban J connectivity index is 2.46. The van der Waals surface area contributed by atoms with Crippen LogP contribution in [0.5, 0.6) is 11.5 Å². The maximum absolute atomic E-state index is 6.50. The number of methoxy groups -OCH3 is 2. The molecule has 1 aliphatic rings. The molecule has 0 amide bonds. The van der Waals surface area contributed by atoms with E-state index in [2.05, 4.69) is 12.2 Å². The van der Waals surface area contributed by atoms with Gasteiger partial charge in [0.2, 0.25) is 0 Å². The number of aryl methyl sites for hydroxylation is 1. The van der Waals surface area contributed by atoms with Gasteiger partial charge >= 0.3 is 0 Å². The van der Waals surface area contributed by atoms with Crippen LogP contribution < -0.4 is 14.8 Å². The first kappa shape index (κ1) is 13.5. The van der Waals surface area contributed by atoms with E-state index in [0.29, 0.717) is 22.4 Å². The summed E-state index contributed by atoms with van der Waals surface area (Å²) in [6, 6.07) is 2.01. The second-order valence-corrected chi connectivity index (χ2v) is 5.08. The minimum atomic E-state index is 0.464. The molecule has 1 saturated heterocycles. The highest BCUT2D eigenvalue weighted by Gasteiger charge is 2.24. The lowest BCUT2D eigenvalue weighted by Crippen LogP contribution is -2.29. The molecule has 0 aromatic heterocycles. The number of nitrogens with one attached hydrogen (secondary N) is 1. The second kappa shape index (κ2) is 5.81. The van der Waals surface area contributed by atoms with Crippen molar-refractivity contribution >= 4 is 11.6 Å². The first-order chi connectivity index (χ1) is 8.69.